The molecular formula is C21H21N5OS. The number of anilines is 4. The van der Waals surface area contributed by atoms with Crippen LogP contribution in [0.1, 0.15) is 18.2 Å². The molecule has 4 rings (SSSR count). The van der Waals surface area contributed by atoms with Crippen molar-refractivity contribution in [2.75, 3.05) is 17.7 Å². The predicted molar refractivity (Wildman–Crippen MR) is 115 cm³/mol. The summed E-state index contributed by atoms with van der Waals surface area (Å²) in [7, 11) is 1.67. The van der Waals surface area contributed by atoms with E-state index >= 15 is 0 Å². The van der Waals surface area contributed by atoms with Gasteiger partial charge >= 0.3 is 0 Å². The van der Waals surface area contributed by atoms with E-state index in [2.05, 4.69) is 45.7 Å². The van der Waals surface area contributed by atoms with Crippen molar-refractivity contribution in [3.05, 3.63) is 60.0 Å². The van der Waals surface area contributed by atoms with E-state index < -0.39 is 0 Å². The highest BCUT2D eigenvalue weighted by Gasteiger charge is 2.09. The third kappa shape index (κ3) is 3.89. The Hall–Kier alpha value is -3.19. The van der Waals surface area contributed by atoms with Crippen LogP contribution < -0.4 is 15.4 Å². The van der Waals surface area contributed by atoms with Crippen LogP contribution >= 0.6 is 11.3 Å². The molecule has 2 aromatic heterocycles. The third-order valence-electron chi connectivity index (χ3n) is 4.40. The minimum absolute atomic E-state index is 0.773. The van der Waals surface area contributed by atoms with Gasteiger partial charge < -0.3 is 15.4 Å². The van der Waals surface area contributed by atoms with Crippen LogP contribution in [0.5, 0.6) is 5.75 Å². The van der Waals surface area contributed by atoms with Gasteiger partial charge in [-0.1, -0.05) is 24.3 Å². The van der Waals surface area contributed by atoms with Crippen LogP contribution in [-0.4, -0.2) is 22.1 Å². The molecule has 0 aliphatic carbocycles. The molecule has 0 atom stereocenters. The van der Waals surface area contributed by atoms with E-state index in [4.69, 9.17) is 9.72 Å². The number of rotatable bonds is 6. The number of hydrogen-bond donors (Lipinski definition) is 2. The molecule has 2 aromatic carbocycles. The third-order valence-corrected chi connectivity index (χ3v) is 5.34. The summed E-state index contributed by atoms with van der Waals surface area (Å²) in [5, 5.41) is 7.68. The van der Waals surface area contributed by atoms with Gasteiger partial charge in [-0.15, -0.1) is 0 Å². The monoisotopic (exact) mass is 391 g/mol. The summed E-state index contributed by atoms with van der Waals surface area (Å²) in [5.41, 5.74) is 5.09. The standard InChI is InChI=1S/C21H21N5OS/c1-4-14-5-6-15(24-20-9-13(2)22-12-23-20)10-18(14)26-21-25-17-8-7-16(27-3)11-19(17)28-21/h5-12H,4H2,1-3H3,(H,25,26)(H,22,23,24). The zero-order chi connectivity index (χ0) is 19.5. The highest BCUT2D eigenvalue weighted by atomic mass is 32.1. The fraction of sp³-hybridized carbons (Fsp3) is 0.190. The molecule has 0 radical (unpaired) electrons. The Morgan fingerprint density at radius 3 is 2.71 bits per heavy atom. The molecule has 0 unspecified atom stereocenters. The van der Waals surface area contributed by atoms with E-state index in [1.54, 1.807) is 24.8 Å². The maximum atomic E-state index is 5.31. The molecule has 6 nitrogen and oxygen atoms in total. The number of ether oxygens (including phenoxy) is 1. The number of thiazole rings is 1. The van der Waals surface area contributed by atoms with Gasteiger partial charge in [0.05, 0.1) is 17.3 Å². The Kier molecular flexibility index (Phi) is 5.08. The number of aromatic nitrogens is 3. The number of benzene rings is 2. The number of nitrogens with one attached hydrogen (secondary N) is 2. The molecule has 142 valence electrons. The van der Waals surface area contributed by atoms with Crippen molar-refractivity contribution in [1.29, 1.82) is 0 Å². The SMILES string of the molecule is CCc1ccc(Nc2cc(C)ncn2)cc1Nc1nc2ccc(OC)cc2s1. The van der Waals surface area contributed by atoms with Gasteiger partial charge in [0, 0.05) is 23.1 Å². The molecule has 2 heterocycles. The summed E-state index contributed by atoms with van der Waals surface area (Å²) in [6.07, 6.45) is 2.49. The summed E-state index contributed by atoms with van der Waals surface area (Å²) in [6, 6.07) is 14.1. The lowest BCUT2D eigenvalue weighted by atomic mass is 10.1. The normalized spacial score (nSPS) is 10.8. The van der Waals surface area contributed by atoms with Crippen molar-refractivity contribution in [2.24, 2.45) is 0 Å². The van der Waals surface area contributed by atoms with Crippen molar-refractivity contribution in [3.63, 3.8) is 0 Å². The first-order chi connectivity index (χ1) is 13.6. The van der Waals surface area contributed by atoms with Crippen LogP contribution in [0, 0.1) is 6.92 Å². The van der Waals surface area contributed by atoms with Gasteiger partial charge in [-0.25, -0.2) is 15.0 Å². The Balaban J connectivity index is 1.62. The molecule has 0 amide bonds. The summed E-state index contributed by atoms with van der Waals surface area (Å²) in [6.45, 7) is 4.09. The average Bonchev–Trinajstić information content (AvgIpc) is 3.09. The van der Waals surface area contributed by atoms with Crippen LogP contribution in [-0.2, 0) is 6.42 Å². The predicted octanol–water partition coefficient (Wildman–Crippen LogP) is 5.45. The van der Waals surface area contributed by atoms with Gasteiger partial charge in [-0.3, -0.25) is 0 Å². The molecule has 2 N–H and O–H groups in total. The lowest BCUT2D eigenvalue weighted by Crippen LogP contribution is -1.99. The minimum atomic E-state index is 0.773. The Bertz CT molecular complexity index is 1120. The molecule has 7 heteroatoms. The number of fused-ring (bicyclic) bond motifs is 1. The molecule has 28 heavy (non-hydrogen) atoms. The average molecular weight is 392 g/mol. The molecule has 4 aromatic rings. The zero-order valence-electron chi connectivity index (χ0n) is 16.0. The lowest BCUT2D eigenvalue weighted by Gasteiger charge is -2.12. The quantitative estimate of drug-likeness (QED) is 0.455. The van der Waals surface area contributed by atoms with Crippen molar-refractivity contribution in [2.45, 2.75) is 20.3 Å². The molecule has 0 aliphatic rings. The minimum Gasteiger partial charge on any atom is -0.497 e. The molecular weight excluding hydrogens is 370 g/mol. The summed E-state index contributed by atoms with van der Waals surface area (Å²) < 4.78 is 6.40. The van der Waals surface area contributed by atoms with Crippen LogP contribution in [0.3, 0.4) is 0 Å². The van der Waals surface area contributed by atoms with Crippen molar-refractivity contribution in [1.82, 2.24) is 15.0 Å². The molecule has 0 saturated heterocycles. The van der Waals surface area contributed by atoms with Crippen LogP contribution in [0.15, 0.2) is 48.8 Å². The largest absolute Gasteiger partial charge is 0.497 e. The van der Waals surface area contributed by atoms with E-state index in [-0.39, 0.29) is 0 Å². The number of nitrogens with zero attached hydrogens (tertiary/aromatic N) is 3. The maximum absolute atomic E-state index is 5.31. The Morgan fingerprint density at radius 2 is 1.93 bits per heavy atom. The summed E-state index contributed by atoms with van der Waals surface area (Å²) >= 11 is 1.61. The van der Waals surface area contributed by atoms with E-state index in [9.17, 15) is 0 Å². The highest BCUT2D eigenvalue weighted by Crippen LogP contribution is 2.33. The Labute approximate surface area is 167 Å². The van der Waals surface area contributed by atoms with Gasteiger partial charge in [0.15, 0.2) is 5.13 Å². The Morgan fingerprint density at radius 1 is 1.04 bits per heavy atom. The second-order valence-electron chi connectivity index (χ2n) is 6.37. The molecule has 0 saturated carbocycles. The molecule has 0 fully saturated rings. The fourth-order valence-corrected chi connectivity index (χ4v) is 3.86. The van der Waals surface area contributed by atoms with Gasteiger partial charge in [-0.2, -0.15) is 0 Å². The van der Waals surface area contributed by atoms with Crippen molar-refractivity contribution < 1.29 is 4.74 Å². The summed E-state index contributed by atoms with van der Waals surface area (Å²) in [5.74, 6) is 1.61. The first kappa shape index (κ1) is 18.2. The van der Waals surface area contributed by atoms with Crippen molar-refractivity contribution in [3.8, 4) is 5.75 Å². The smallest absolute Gasteiger partial charge is 0.188 e. The first-order valence-corrected chi connectivity index (χ1v) is 9.86. The van der Waals surface area contributed by atoms with Crippen LogP contribution in [0.25, 0.3) is 10.2 Å². The van der Waals surface area contributed by atoms with Gasteiger partial charge in [0.25, 0.3) is 0 Å². The topological polar surface area (TPSA) is 72.0 Å². The number of hydrogen-bond acceptors (Lipinski definition) is 7. The summed E-state index contributed by atoms with van der Waals surface area (Å²) in [4.78, 5) is 13.1. The molecule has 0 spiro atoms. The van der Waals surface area contributed by atoms with Gasteiger partial charge in [0.2, 0.25) is 0 Å². The second-order valence-corrected chi connectivity index (χ2v) is 7.40. The number of methoxy groups -OCH3 is 1. The first-order valence-electron chi connectivity index (χ1n) is 9.05. The molecule has 0 bridgehead atoms. The fourth-order valence-electron chi connectivity index (χ4n) is 2.95. The zero-order valence-corrected chi connectivity index (χ0v) is 16.8. The van der Waals surface area contributed by atoms with Crippen LogP contribution in [0.2, 0.25) is 0 Å². The van der Waals surface area contributed by atoms with E-state index in [0.29, 0.717) is 0 Å². The van der Waals surface area contributed by atoms with Crippen molar-refractivity contribution >= 4 is 43.9 Å². The van der Waals surface area contributed by atoms with E-state index in [1.165, 1.54) is 5.56 Å². The second kappa shape index (κ2) is 7.82. The van der Waals surface area contributed by atoms with E-state index in [0.717, 1.165) is 50.4 Å². The highest BCUT2D eigenvalue weighted by molar-refractivity contribution is 7.22. The van der Waals surface area contributed by atoms with E-state index in [1.807, 2.05) is 31.2 Å². The lowest BCUT2D eigenvalue weighted by molar-refractivity contribution is 0.415. The number of aryl methyl sites for hydroxylation is 2. The molecule has 0 aliphatic heterocycles. The maximum Gasteiger partial charge on any atom is 0.188 e. The van der Waals surface area contributed by atoms with Gasteiger partial charge in [0.1, 0.15) is 17.9 Å². The van der Waals surface area contributed by atoms with Crippen LogP contribution in [0.4, 0.5) is 22.3 Å². The van der Waals surface area contributed by atoms with Gasteiger partial charge in [-0.05, 0) is 49.2 Å².